The van der Waals surface area contributed by atoms with Gasteiger partial charge in [0.05, 0.1) is 36.5 Å². The lowest BCUT2D eigenvalue weighted by Crippen LogP contribution is -2.39. The summed E-state index contributed by atoms with van der Waals surface area (Å²) >= 11 is 1.16. The molecule has 16 heteroatoms. The molecule has 46 heavy (non-hydrogen) atoms. The molecule has 5 rings (SSSR count). The van der Waals surface area contributed by atoms with Crippen molar-refractivity contribution in [3.05, 3.63) is 71.8 Å². The predicted molar refractivity (Wildman–Crippen MR) is 168 cm³/mol. The van der Waals surface area contributed by atoms with Crippen molar-refractivity contribution in [2.75, 3.05) is 41.8 Å². The fourth-order valence-electron chi connectivity index (χ4n) is 4.52. The number of hydrogen-bond acceptors (Lipinski definition) is 10. The molecular weight excluding hydrogens is 629 g/mol. The molecule has 12 nitrogen and oxygen atoms in total. The number of rotatable bonds is 10. The van der Waals surface area contributed by atoms with Crippen molar-refractivity contribution in [1.82, 2.24) is 5.43 Å². The number of halogens is 3. The second-order valence-corrected chi connectivity index (χ2v) is 10.8. The molecule has 1 unspecified atom stereocenters. The molecule has 2 N–H and O–H groups in total. The number of amides is 3. The Kier molecular flexibility index (Phi) is 9.99. The standard InChI is InChI=1S/C30H29F3N6O6S/c1-18-4-5-19(14-42-2)24(12-18)39-27(40)16-46-29(39)36-28(41)35-23-11-10-22(13-25(23)43-3)44-15-26-34-17-38(37-26)20-6-8-21(9-7-20)45-30(31,32)33/h4-13,17,26,37H,14-16H2,1-3H3,(H,35,41)/b36-29-. The summed E-state index contributed by atoms with van der Waals surface area (Å²) in [6.45, 7) is 2.30. The van der Waals surface area contributed by atoms with Crippen LogP contribution in [0.3, 0.4) is 0 Å². The Morgan fingerprint density at radius 2 is 1.87 bits per heavy atom. The van der Waals surface area contributed by atoms with Crippen LogP contribution in [0.4, 0.5) is 35.0 Å². The van der Waals surface area contributed by atoms with Crippen LogP contribution < -0.4 is 34.9 Å². The molecule has 3 amide bonds. The van der Waals surface area contributed by atoms with E-state index in [0.717, 1.165) is 22.9 Å². The van der Waals surface area contributed by atoms with Crippen LogP contribution in [0.1, 0.15) is 11.1 Å². The minimum absolute atomic E-state index is 0.107. The maximum absolute atomic E-state index is 13.0. The van der Waals surface area contributed by atoms with Gasteiger partial charge < -0.3 is 24.3 Å². The van der Waals surface area contributed by atoms with Gasteiger partial charge in [-0.3, -0.25) is 14.7 Å². The first-order valence-electron chi connectivity index (χ1n) is 13.7. The van der Waals surface area contributed by atoms with Gasteiger partial charge in [0, 0.05) is 18.7 Å². The predicted octanol–water partition coefficient (Wildman–Crippen LogP) is 5.47. The summed E-state index contributed by atoms with van der Waals surface area (Å²) in [5.74, 6) is 0.351. The zero-order valence-corrected chi connectivity index (χ0v) is 25.6. The first-order valence-corrected chi connectivity index (χ1v) is 14.7. The van der Waals surface area contributed by atoms with Gasteiger partial charge in [0.2, 0.25) is 5.91 Å². The molecule has 0 radical (unpaired) electrons. The van der Waals surface area contributed by atoms with Crippen molar-refractivity contribution in [3.63, 3.8) is 0 Å². The molecule has 1 fully saturated rings. The number of thioether (sulfide) groups is 1. The number of carbonyl (C=O) groups is 2. The Balaban J connectivity index is 1.19. The number of ether oxygens (including phenoxy) is 4. The third-order valence-corrected chi connectivity index (χ3v) is 7.49. The summed E-state index contributed by atoms with van der Waals surface area (Å²) in [7, 11) is 3.00. The summed E-state index contributed by atoms with van der Waals surface area (Å²) in [6.07, 6.45) is -3.77. The molecule has 3 aromatic rings. The number of methoxy groups -OCH3 is 2. The molecule has 242 valence electrons. The van der Waals surface area contributed by atoms with Gasteiger partial charge in [0.25, 0.3) is 0 Å². The molecule has 2 aliphatic rings. The fraction of sp³-hybridized carbons (Fsp3) is 0.267. The van der Waals surface area contributed by atoms with Crippen molar-refractivity contribution in [2.45, 2.75) is 26.1 Å². The summed E-state index contributed by atoms with van der Waals surface area (Å²) in [5, 5.41) is 4.48. The number of aryl methyl sites for hydroxylation is 1. The smallest absolute Gasteiger partial charge is 0.494 e. The number of hydrazine groups is 1. The number of hydrogen-bond donors (Lipinski definition) is 2. The number of alkyl halides is 3. The maximum Gasteiger partial charge on any atom is 0.573 e. The average molecular weight is 659 g/mol. The van der Waals surface area contributed by atoms with Gasteiger partial charge in [-0.05, 0) is 55.0 Å². The monoisotopic (exact) mass is 658 g/mol. The quantitative estimate of drug-likeness (QED) is 0.292. The molecule has 2 heterocycles. The van der Waals surface area contributed by atoms with Crippen molar-refractivity contribution in [3.8, 4) is 17.2 Å². The molecule has 0 saturated carbocycles. The number of nitrogens with one attached hydrogen (secondary N) is 2. The van der Waals surface area contributed by atoms with Gasteiger partial charge in [-0.25, -0.2) is 15.2 Å². The van der Waals surface area contributed by atoms with Crippen LogP contribution in [-0.4, -0.2) is 62.6 Å². The minimum atomic E-state index is -4.77. The van der Waals surface area contributed by atoms with E-state index in [0.29, 0.717) is 28.6 Å². The molecular formula is C30H29F3N6O6S. The van der Waals surface area contributed by atoms with Crippen LogP contribution >= 0.6 is 11.8 Å². The lowest BCUT2D eigenvalue weighted by Gasteiger charge is -2.20. The molecule has 0 bridgehead atoms. The highest BCUT2D eigenvalue weighted by Gasteiger charge is 2.33. The first-order chi connectivity index (χ1) is 22.0. The van der Waals surface area contributed by atoms with E-state index in [2.05, 4.69) is 25.5 Å². The Morgan fingerprint density at radius 3 is 2.59 bits per heavy atom. The van der Waals surface area contributed by atoms with E-state index in [-0.39, 0.29) is 35.8 Å². The normalized spacial score (nSPS) is 17.1. The van der Waals surface area contributed by atoms with Gasteiger partial charge in [-0.1, -0.05) is 23.9 Å². The highest BCUT2D eigenvalue weighted by atomic mass is 32.2. The molecule has 0 aliphatic carbocycles. The maximum atomic E-state index is 13.0. The largest absolute Gasteiger partial charge is 0.573 e. The zero-order chi connectivity index (χ0) is 32.8. The van der Waals surface area contributed by atoms with Crippen molar-refractivity contribution < 1.29 is 41.7 Å². The average Bonchev–Trinajstić information content (AvgIpc) is 3.63. The van der Waals surface area contributed by atoms with Crippen LogP contribution in [0.2, 0.25) is 0 Å². The van der Waals surface area contributed by atoms with Gasteiger partial charge >= 0.3 is 12.4 Å². The highest BCUT2D eigenvalue weighted by molar-refractivity contribution is 8.15. The molecule has 1 saturated heterocycles. The summed E-state index contributed by atoms with van der Waals surface area (Å²) in [4.78, 5) is 35.7. The van der Waals surface area contributed by atoms with Gasteiger partial charge in [0.15, 0.2) is 11.3 Å². The van der Waals surface area contributed by atoms with Crippen LogP contribution in [0, 0.1) is 6.92 Å². The van der Waals surface area contributed by atoms with E-state index < -0.39 is 18.6 Å². The topological polar surface area (TPSA) is 126 Å². The van der Waals surface area contributed by atoms with Crippen molar-refractivity contribution in [2.24, 2.45) is 9.98 Å². The van der Waals surface area contributed by atoms with Crippen molar-refractivity contribution in [1.29, 1.82) is 0 Å². The first kappa shape index (κ1) is 32.6. The third-order valence-electron chi connectivity index (χ3n) is 6.57. The van der Waals surface area contributed by atoms with E-state index >= 15 is 0 Å². The SMILES string of the molecule is COCc1ccc(C)cc1N1C(=O)CS/C1=N\C(=O)Nc1ccc(OCC2N=CN(c3ccc(OC(F)(F)F)cc3)N2)cc1OC. The second-order valence-electron chi connectivity index (χ2n) is 9.90. The van der Waals surface area contributed by atoms with E-state index in [9.17, 15) is 22.8 Å². The van der Waals surface area contributed by atoms with E-state index in [4.69, 9.17) is 14.2 Å². The minimum Gasteiger partial charge on any atom is -0.494 e. The Morgan fingerprint density at radius 1 is 1.11 bits per heavy atom. The number of amidine groups is 1. The van der Waals surface area contributed by atoms with Gasteiger partial charge in [-0.15, -0.1) is 13.2 Å². The summed E-state index contributed by atoms with van der Waals surface area (Å²) in [5.41, 5.74) is 6.28. The van der Waals surface area contributed by atoms with Crippen LogP contribution in [0.5, 0.6) is 17.2 Å². The number of nitrogens with zero attached hydrogens (tertiary/aromatic N) is 4. The van der Waals surface area contributed by atoms with Crippen LogP contribution in [0.25, 0.3) is 0 Å². The van der Waals surface area contributed by atoms with Gasteiger partial charge in [0.1, 0.15) is 30.2 Å². The zero-order valence-electron chi connectivity index (χ0n) is 24.8. The molecule has 1 atom stereocenters. The van der Waals surface area contributed by atoms with Gasteiger partial charge in [-0.2, -0.15) is 4.99 Å². The fourth-order valence-corrected chi connectivity index (χ4v) is 5.37. The van der Waals surface area contributed by atoms with Crippen molar-refractivity contribution >= 4 is 52.3 Å². The number of aliphatic imine (C=N–C) groups is 2. The number of benzene rings is 3. The number of carbonyl (C=O) groups excluding carboxylic acids is 2. The summed E-state index contributed by atoms with van der Waals surface area (Å²) < 4.78 is 57.7. The lowest BCUT2D eigenvalue weighted by molar-refractivity contribution is -0.274. The second kappa shape index (κ2) is 14.1. The molecule has 0 spiro atoms. The molecule has 3 aromatic carbocycles. The Labute approximate surface area is 266 Å². The number of urea groups is 1. The lowest BCUT2D eigenvalue weighted by atomic mass is 10.1. The Hall–Kier alpha value is -4.80. The number of anilines is 3. The Bertz CT molecular complexity index is 1650. The summed E-state index contributed by atoms with van der Waals surface area (Å²) in [6, 6.07) is 15.1. The van der Waals surface area contributed by atoms with E-state index in [1.54, 1.807) is 30.3 Å². The van der Waals surface area contributed by atoms with E-state index in [1.165, 1.54) is 42.6 Å². The highest BCUT2D eigenvalue weighted by Crippen LogP contribution is 2.33. The molecule has 2 aliphatic heterocycles. The van der Waals surface area contributed by atoms with Crippen LogP contribution in [0.15, 0.2) is 70.6 Å². The van der Waals surface area contributed by atoms with Crippen LogP contribution in [-0.2, 0) is 16.1 Å². The third kappa shape index (κ3) is 8.07. The van der Waals surface area contributed by atoms with E-state index in [1.807, 2.05) is 25.1 Å². The molecule has 0 aromatic heterocycles.